The van der Waals surface area contributed by atoms with Crippen LogP contribution in [0.1, 0.15) is 43.7 Å². The summed E-state index contributed by atoms with van der Waals surface area (Å²) in [4.78, 5) is 26.5. The largest absolute Gasteiger partial charge is 0.354 e. The molecule has 144 valence electrons. The molecule has 0 aliphatic carbocycles. The number of aryl methyl sites for hydroxylation is 1. The van der Waals surface area contributed by atoms with Crippen LogP contribution in [0.4, 0.5) is 0 Å². The number of fused-ring (bicyclic) bond motifs is 4. The number of rotatable bonds is 5. The first-order valence-electron chi connectivity index (χ1n) is 9.61. The summed E-state index contributed by atoms with van der Waals surface area (Å²) in [6, 6.07) is 5.51. The number of hydrogen-bond acceptors (Lipinski definition) is 5. The highest BCUT2D eigenvalue weighted by atomic mass is 16.1. The van der Waals surface area contributed by atoms with E-state index in [1.165, 1.54) is 6.92 Å². The Hall–Kier alpha value is -2.48. The lowest BCUT2D eigenvalue weighted by Crippen LogP contribution is -2.51. The summed E-state index contributed by atoms with van der Waals surface area (Å²) in [5.74, 6) is 1.55. The standard InChI is InChI=1S/C19H26N6O2/c1-3-24-12-21-22-18(24)11-23-9-14-7-15(10-23)17(8-20-13(2)26)25-16(14)5-4-6-19(25)27/h4-6,12,14-15,17H,3,7-11H2,1-2H3,(H,20,26)/t14-,15+,17+/m1/s1. The summed E-state index contributed by atoms with van der Waals surface area (Å²) < 4.78 is 3.98. The molecule has 0 saturated carbocycles. The highest BCUT2D eigenvalue weighted by molar-refractivity contribution is 5.72. The molecule has 4 heterocycles. The minimum absolute atomic E-state index is 0.0132. The van der Waals surface area contributed by atoms with Gasteiger partial charge in [0.1, 0.15) is 12.2 Å². The zero-order valence-corrected chi connectivity index (χ0v) is 15.8. The molecule has 0 unspecified atom stereocenters. The SMILES string of the molecule is CCn1cnnc1CN1C[C@H]2C[C@@H](C1)[C@H](CNC(C)=O)n1c2cccc1=O. The van der Waals surface area contributed by atoms with E-state index in [2.05, 4.69) is 38.0 Å². The molecule has 1 fully saturated rings. The Balaban J connectivity index is 1.63. The van der Waals surface area contributed by atoms with E-state index in [-0.39, 0.29) is 17.5 Å². The number of carbonyl (C=O) groups excluding carboxylic acids is 1. The Kier molecular flexibility index (Phi) is 4.82. The Bertz CT molecular complexity index is 888. The molecular formula is C19H26N6O2. The van der Waals surface area contributed by atoms with Crippen molar-refractivity contribution in [3.63, 3.8) is 0 Å². The van der Waals surface area contributed by atoms with Crippen molar-refractivity contribution in [1.29, 1.82) is 0 Å². The van der Waals surface area contributed by atoms with Crippen molar-refractivity contribution in [3.8, 4) is 0 Å². The van der Waals surface area contributed by atoms with Crippen LogP contribution in [-0.2, 0) is 17.9 Å². The predicted octanol–water partition coefficient (Wildman–Crippen LogP) is 0.756. The molecule has 3 atom stereocenters. The second kappa shape index (κ2) is 7.26. The van der Waals surface area contributed by atoms with Gasteiger partial charge in [-0.15, -0.1) is 10.2 Å². The van der Waals surface area contributed by atoms with Crippen molar-refractivity contribution in [3.05, 3.63) is 46.4 Å². The minimum atomic E-state index is -0.0635. The van der Waals surface area contributed by atoms with Crippen molar-refractivity contribution >= 4 is 5.91 Å². The van der Waals surface area contributed by atoms with Gasteiger partial charge in [0.2, 0.25) is 5.91 Å². The quantitative estimate of drug-likeness (QED) is 0.840. The van der Waals surface area contributed by atoms with Gasteiger partial charge in [0.05, 0.1) is 12.6 Å². The van der Waals surface area contributed by atoms with Crippen LogP contribution < -0.4 is 10.9 Å². The van der Waals surface area contributed by atoms with Crippen LogP contribution >= 0.6 is 0 Å². The molecule has 0 spiro atoms. The van der Waals surface area contributed by atoms with E-state index < -0.39 is 0 Å². The number of aromatic nitrogens is 4. The summed E-state index contributed by atoms with van der Waals surface area (Å²) >= 11 is 0. The molecule has 27 heavy (non-hydrogen) atoms. The molecule has 8 heteroatoms. The van der Waals surface area contributed by atoms with E-state index >= 15 is 0 Å². The predicted molar refractivity (Wildman–Crippen MR) is 100 cm³/mol. The number of hydrogen-bond donors (Lipinski definition) is 1. The Morgan fingerprint density at radius 1 is 1.33 bits per heavy atom. The summed E-state index contributed by atoms with van der Waals surface area (Å²) in [6.07, 6.45) is 2.82. The van der Waals surface area contributed by atoms with Gasteiger partial charge in [0.15, 0.2) is 0 Å². The highest BCUT2D eigenvalue weighted by Crippen LogP contribution is 2.41. The molecule has 1 N–H and O–H groups in total. The number of carbonyl (C=O) groups is 1. The van der Waals surface area contributed by atoms with Gasteiger partial charge in [-0.2, -0.15) is 0 Å². The number of piperidine rings is 1. The fraction of sp³-hybridized carbons (Fsp3) is 0.579. The molecule has 1 saturated heterocycles. The fourth-order valence-electron chi connectivity index (χ4n) is 4.64. The zero-order chi connectivity index (χ0) is 19.0. The molecular weight excluding hydrogens is 344 g/mol. The maximum absolute atomic E-state index is 12.6. The Morgan fingerprint density at radius 3 is 2.96 bits per heavy atom. The summed E-state index contributed by atoms with van der Waals surface area (Å²) in [7, 11) is 0. The third-order valence-electron chi connectivity index (χ3n) is 5.84. The van der Waals surface area contributed by atoms with Crippen molar-refractivity contribution in [2.75, 3.05) is 19.6 Å². The maximum atomic E-state index is 12.6. The molecule has 2 aromatic heterocycles. The average molecular weight is 370 g/mol. The molecule has 1 amide bonds. The van der Waals surface area contributed by atoms with E-state index in [0.29, 0.717) is 18.4 Å². The van der Waals surface area contributed by atoms with Crippen LogP contribution in [-0.4, -0.2) is 49.8 Å². The van der Waals surface area contributed by atoms with E-state index in [1.807, 2.05) is 10.6 Å². The van der Waals surface area contributed by atoms with Gasteiger partial charge in [0, 0.05) is 50.8 Å². The first-order chi connectivity index (χ1) is 13.1. The van der Waals surface area contributed by atoms with Crippen molar-refractivity contribution < 1.29 is 4.79 Å². The van der Waals surface area contributed by atoms with E-state index in [0.717, 1.165) is 44.1 Å². The van der Waals surface area contributed by atoms with Crippen LogP contribution in [0, 0.1) is 5.92 Å². The van der Waals surface area contributed by atoms with E-state index in [9.17, 15) is 9.59 Å². The third-order valence-corrected chi connectivity index (χ3v) is 5.84. The lowest BCUT2D eigenvalue weighted by atomic mass is 9.78. The number of pyridine rings is 1. The average Bonchev–Trinajstić information content (AvgIpc) is 3.09. The van der Waals surface area contributed by atoms with Gasteiger partial charge in [-0.3, -0.25) is 14.5 Å². The van der Waals surface area contributed by atoms with Crippen molar-refractivity contribution in [2.45, 2.75) is 45.3 Å². The Morgan fingerprint density at radius 2 is 2.19 bits per heavy atom. The Labute approximate surface area is 158 Å². The first kappa shape index (κ1) is 17.9. The summed E-state index contributed by atoms with van der Waals surface area (Å²) in [5.41, 5.74) is 1.10. The van der Waals surface area contributed by atoms with Gasteiger partial charge in [-0.25, -0.2) is 0 Å². The monoisotopic (exact) mass is 370 g/mol. The fourth-order valence-corrected chi connectivity index (χ4v) is 4.64. The van der Waals surface area contributed by atoms with Gasteiger partial charge < -0.3 is 14.5 Å². The summed E-state index contributed by atoms with van der Waals surface area (Å²) in [5, 5.41) is 11.2. The van der Waals surface area contributed by atoms with Crippen LogP contribution in [0.5, 0.6) is 0 Å². The molecule has 8 nitrogen and oxygen atoms in total. The maximum Gasteiger partial charge on any atom is 0.251 e. The molecule has 2 aromatic rings. The first-order valence-corrected chi connectivity index (χ1v) is 9.61. The lowest BCUT2D eigenvalue weighted by Gasteiger charge is -2.47. The van der Waals surface area contributed by atoms with Crippen molar-refractivity contribution in [2.24, 2.45) is 5.92 Å². The van der Waals surface area contributed by atoms with E-state index in [4.69, 9.17) is 0 Å². The topological polar surface area (TPSA) is 85.1 Å². The highest BCUT2D eigenvalue weighted by Gasteiger charge is 2.40. The van der Waals surface area contributed by atoms with Crippen LogP contribution in [0.15, 0.2) is 29.3 Å². The van der Waals surface area contributed by atoms with Gasteiger partial charge in [-0.1, -0.05) is 6.07 Å². The molecule has 4 rings (SSSR count). The molecule has 2 aliphatic heterocycles. The zero-order valence-electron chi connectivity index (χ0n) is 15.8. The molecule has 2 bridgehead atoms. The summed E-state index contributed by atoms with van der Waals surface area (Å²) in [6.45, 7) is 7.50. The third kappa shape index (κ3) is 3.41. The van der Waals surface area contributed by atoms with Crippen molar-refractivity contribution in [1.82, 2.24) is 29.5 Å². The molecule has 0 aromatic carbocycles. The second-order valence-corrected chi connectivity index (χ2v) is 7.58. The normalized spacial score (nSPS) is 24.4. The molecule has 0 radical (unpaired) electrons. The number of nitrogens with one attached hydrogen (secondary N) is 1. The number of amides is 1. The second-order valence-electron chi connectivity index (χ2n) is 7.58. The van der Waals surface area contributed by atoms with E-state index in [1.54, 1.807) is 12.4 Å². The minimum Gasteiger partial charge on any atom is -0.354 e. The van der Waals surface area contributed by atoms with Gasteiger partial charge in [-0.05, 0) is 25.3 Å². The van der Waals surface area contributed by atoms with Crippen LogP contribution in [0.2, 0.25) is 0 Å². The lowest BCUT2D eigenvalue weighted by molar-refractivity contribution is -0.119. The number of nitrogens with zero attached hydrogens (tertiary/aromatic N) is 5. The van der Waals surface area contributed by atoms with Gasteiger partial charge >= 0.3 is 0 Å². The van der Waals surface area contributed by atoms with Gasteiger partial charge in [0.25, 0.3) is 5.56 Å². The smallest absolute Gasteiger partial charge is 0.251 e. The molecule has 2 aliphatic rings. The number of likely N-dealkylation sites (tertiary alicyclic amines) is 1. The van der Waals surface area contributed by atoms with Crippen LogP contribution in [0.3, 0.4) is 0 Å². The van der Waals surface area contributed by atoms with Crippen LogP contribution in [0.25, 0.3) is 0 Å².